The quantitative estimate of drug-likeness (QED) is 0.919. The molecule has 0 saturated carbocycles. The van der Waals surface area contributed by atoms with E-state index in [1.807, 2.05) is 6.07 Å². The van der Waals surface area contributed by atoms with Gasteiger partial charge in [0, 0.05) is 13.1 Å². The molecule has 2 heterocycles. The first kappa shape index (κ1) is 15.7. The Bertz CT molecular complexity index is 679. The summed E-state index contributed by atoms with van der Waals surface area (Å²) in [7, 11) is 0. The number of halogens is 2. The molecule has 1 aliphatic rings. The van der Waals surface area contributed by atoms with E-state index in [2.05, 4.69) is 15.2 Å². The van der Waals surface area contributed by atoms with Crippen LogP contribution in [0.3, 0.4) is 0 Å². The molecule has 1 N–H and O–H groups in total. The molecule has 0 unspecified atom stereocenters. The molecule has 120 valence electrons. The number of rotatable bonds is 3. The molecular weight excluding hydrogens is 317 g/mol. The van der Waals surface area contributed by atoms with Crippen molar-refractivity contribution in [2.45, 2.75) is 19.3 Å². The van der Waals surface area contributed by atoms with Crippen molar-refractivity contribution >= 4 is 29.0 Å². The molecule has 23 heavy (non-hydrogen) atoms. The Morgan fingerprint density at radius 3 is 2.61 bits per heavy atom. The molecule has 1 aromatic heterocycles. The Hall–Kier alpha value is -2.14. The molecule has 0 bridgehead atoms. The maximum absolute atomic E-state index is 13.7. The molecular formula is C17H17ClFN3O. The van der Waals surface area contributed by atoms with Crippen molar-refractivity contribution in [3.8, 4) is 0 Å². The van der Waals surface area contributed by atoms with Gasteiger partial charge in [-0.15, -0.1) is 0 Å². The molecule has 0 radical (unpaired) electrons. The Morgan fingerprint density at radius 1 is 1.17 bits per heavy atom. The van der Waals surface area contributed by atoms with Crippen molar-refractivity contribution in [3.05, 3.63) is 52.9 Å². The molecule has 1 saturated heterocycles. The van der Waals surface area contributed by atoms with Crippen LogP contribution in [-0.4, -0.2) is 24.0 Å². The molecule has 2 aromatic rings. The topological polar surface area (TPSA) is 45.2 Å². The number of benzene rings is 1. The van der Waals surface area contributed by atoms with Crippen molar-refractivity contribution < 1.29 is 9.18 Å². The van der Waals surface area contributed by atoms with Gasteiger partial charge in [-0.2, -0.15) is 0 Å². The lowest BCUT2D eigenvalue weighted by molar-refractivity contribution is 0.102. The van der Waals surface area contributed by atoms with E-state index >= 15 is 0 Å². The number of pyridine rings is 1. The summed E-state index contributed by atoms with van der Waals surface area (Å²) in [6.07, 6.45) is 5.18. The van der Waals surface area contributed by atoms with Gasteiger partial charge in [-0.1, -0.05) is 17.7 Å². The van der Waals surface area contributed by atoms with Crippen molar-refractivity contribution in [3.63, 3.8) is 0 Å². The van der Waals surface area contributed by atoms with Crippen molar-refractivity contribution in [1.82, 2.24) is 4.98 Å². The van der Waals surface area contributed by atoms with Crippen molar-refractivity contribution in [2.24, 2.45) is 0 Å². The van der Waals surface area contributed by atoms with Crippen molar-refractivity contribution in [1.29, 1.82) is 0 Å². The summed E-state index contributed by atoms with van der Waals surface area (Å²) in [5.41, 5.74) is 0.351. The van der Waals surface area contributed by atoms with Gasteiger partial charge in [0.2, 0.25) is 0 Å². The number of hydrogen-bond donors (Lipinski definition) is 1. The number of aromatic nitrogens is 1. The second-order valence-electron chi connectivity index (χ2n) is 5.50. The van der Waals surface area contributed by atoms with Gasteiger partial charge in [0.25, 0.3) is 5.91 Å². The highest BCUT2D eigenvalue weighted by Crippen LogP contribution is 2.22. The Morgan fingerprint density at radius 2 is 1.96 bits per heavy atom. The third-order valence-electron chi connectivity index (χ3n) is 3.88. The van der Waals surface area contributed by atoms with Crippen LogP contribution in [0, 0.1) is 5.82 Å². The summed E-state index contributed by atoms with van der Waals surface area (Å²) in [6.45, 7) is 2.01. The minimum Gasteiger partial charge on any atom is -0.357 e. The predicted octanol–water partition coefficient (Wildman–Crippen LogP) is 4.12. The third kappa shape index (κ3) is 3.62. The first-order chi connectivity index (χ1) is 11.1. The van der Waals surface area contributed by atoms with Crippen LogP contribution in [0.1, 0.15) is 29.6 Å². The largest absolute Gasteiger partial charge is 0.357 e. The van der Waals surface area contributed by atoms with E-state index in [0.717, 1.165) is 18.9 Å². The molecule has 0 atom stereocenters. The van der Waals surface area contributed by atoms with E-state index in [-0.39, 0.29) is 10.6 Å². The molecule has 0 aliphatic carbocycles. The Kier molecular flexibility index (Phi) is 4.76. The predicted molar refractivity (Wildman–Crippen MR) is 89.7 cm³/mol. The van der Waals surface area contributed by atoms with Gasteiger partial charge in [-0.05, 0) is 43.5 Å². The van der Waals surface area contributed by atoms with Gasteiger partial charge in [-0.3, -0.25) is 4.79 Å². The highest BCUT2D eigenvalue weighted by atomic mass is 35.5. The van der Waals surface area contributed by atoms with Crippen LogP contribution in [-0.2, 0) is 0 Å². The lowest BCUT2D eigenvalue weighted by Crippen LogP contribution is -2.30. The summed E-state index contributed by atoms with van der Waals surface area (Å²) in [5, 5.41) is 2.71. The molecule has 1 aliphatic heterocycles. The normalized spacial score (nSPS) is 14.6. The summed E-state index contributed by atoms with van der Waals surface area (Å²) >= 11 is 5.89. The zero-order valence-electron chi connectivity index (χ0n) is 12.6. The SMILES string of the molecule is O=C(Nc1ccc(N2CCCCC2)nc1)c1c(F)cccc1Cl. The van der Waals surface area contributed by atoms with Gasteiger partial charge in [0.15, 0.2) is 0 Å². The molecule has 6 heteroatoms. The maximum Gasteiger partial charge on any atom is 0.260 e. The average molecular weight is 334 g/mol. The van der Waals surface area contributed by atoms with Gasteiger partial charge in [-0.25, -0.2) is 9.37 Å². The molecule has 1 fully saturated rings. The lowest BCUT2D eigenvalue weighted by Gasteiger charge is -2.27. The van der Waals surface area contributed by atoms with Crippen LogP contribution in [0.2, 0.25) is 5.02 Å². The summed E-state index contributed by atoms with van der Waals surface area (Å²) in [4.78, 5) is 18.8. The van der Waals surface area contributed by atoms with E-state index in [9.17, 15) is 9.18 Å². The fraction of sp³-hybridized carbons (Fsp3) is 0.294. The summed E-state index contributed by atoms with van der Waals surface area (Å²) in [6, 6.07) is 7.78. The van der Waals surface area contributed by atoms with E-state index in [1.165, 1.54) is 37.5 Å². The zero-order chi connectivity index (χ0) is 16.2. The first-order valence-corrected chi connectivity index (χ1v) is 7.99. The van der Waals surface area contributed by atoms with E-state index in [0.29, 0.717) is 5.69 Å². The summed E-state index contributed by atoms with van der Waals surface area (Å²) < 4.78 is 13.7. The van der Waals surface area contributed by atoms with Crippen LogP contribution in [0.5, 0.6) is 0 Å². The minimum absolute atomic E-state index is 0.0837. The number of carbonyl (C=O) groups is 1. The molecule has 1 aromatic carbocycles. The molecule has 4 nitrogen and oxygen atoms in total. The number of piperidine rings is 1. The van der Waals surface area contributed by atoms with E-state index in [1.54, 1.807) is 12.3 Å². The highest BCUT2D eigenvalue weighted by Gasteiger charge is 2.16. The fourth-order valence-corrected chi connectivity index (χ4v) is 2.93. The lowest BCUT2D eigenvalue weighted by atomic mass is 10.1. The van der Waals surface area contributed by atoms with Crippen LogP contribution >= 0.6 is 11.6 Å². The maximum atomic E-state index is 13.7. The average Bonchev–Trinajstić information content (AvgIpc) is 2.56. The smallest absolute Gasteiger partial charge is 0.260 e. The highest BCUT2D eigenvalue weighted by molar-refractivity contribution is 6.34. The standard InChI is InChI=1S/C17H17ClFN3O/c18-13-5-4-6-14(19)16(13)17(23)21-12-7-8-15(20-11-12)22-9-2-1-3-10-22/h4-8,11H,1-3,9-10H2,(H,21,23). The Labute approximate surface area is 139 Å². The van der Waals surface area contributed by atoms with E-state index < -0.39 is 11.7 Å². The van der Waals surface area contributed by atoms with Crippen LogP contribution in [0.25, 0.3) is 0 Å². The first-order valence-electron chi connectivity index (χ1n) is 7.61. The minimum atomic E-state index is -0.645. The number of hydrogen-bond acceptors (Lipinski definition) is 3. The summed E-state index contributed by atoms with van der Waals surface area (Å²) in [5.74, 6) is -0.333. The van der Waals surface area contributed by atoms with Crippen LogP contribution in [0.4, 0.5) is 15.9 Å². The van der Waals surface area contributed by atoms with E-state index in [4.69, 9.17) is 11.6 Å². The van der Waals surface area contributed by atoms with Crippen molar-refractivity contribution in [2.75, 3.05) is 23.3 Å². The fourth-order valence-electron chi connectivity index (χ4n) is 2.68. The molecule has 3 rings (SSSR count). The number of amides is 1. The zero-order valence-corrected chi connectivity index (χ0v) is 13.3. The van der Waals surface area contributed by atoms with Gasteiger partial charge >= 0.3 is 0 Å². The number of anilines is 2. The number of nitrogens with zero attached hydrogens (tertiary/aromatic N) is 2. The van der Waals surface area contributed by atoms with Crippen LogP contribution in [0.15, 0.2) is 36.5 Å². The van der Waals surface area contributed by atoms with Crippen LogP contribution < -0.4 is 10.2 Å². The third-order valence-corrected chi connectivity index (χ3v) is 4.19. The molecule has 1 amide bonds. The second kappa shape index (κ2) is 6.96. The van der Waals surface area contributed by atoms with Gasteiger partial charge in [0.05, 0.1) is 22.5 Å². The Balaban J connectivity index is 1.72. The number of carbonyl (C=O) groups excluding carboxylic acids is 1. The molecule has 0 spiro atoms. The van der Waals surface area contributed by atoms with Gasteiger partial charge < -0.3 is 10.2 Å². The van der Waals surface area contributed by atoms with Gasteiger partial charge in [0.1, 0.15) is 11.6 Å². The monoisotopic (exact) mass is 333 g/mol. The number of nitrogens with one attached hydrogen (secondary N) is 1. The second-order valence-corrected chi connectivity index (χ2v) is 5.91.